The Morgan fingerprint density at radius 3 is 2.85 bits per heavy atom. The molecular formula is C19H21N3O3S. The maximum atomic E-state index is 12.9. The fourth-order valence-corrected chi connectivity index (χ4v) is 4.72. The van der Waals surface area contributed by atoms with Crippen molar-refractivity contribution in [3.63, 3.8) is 0 Å². The minimum Gasteiger partial charge on any atom is -0.497 e. The van der Waals surface area contributed by atoms with Gasteiger partial charge in [-0.15, -0.1) is 0 Å². The number of fused-ring (bicyclic) bond motifs is 2. The number of nitrogens with one attached hydrogen (secondary N) is 1. The first kappa shape index (κ1) is 17.1. The van der Waals surface area contributed by atoms with E-state index >= 15 is 0 Å². The summed E-state index contributed by atoms with van der Waals surface area (Å²) in [7, 11) is 1.60. The second-order valence-corrected chi connectivity index (χ2v) is 7.63. The largest absolute Gasteiger partial charge is 0.497 e. The predicted octanol–water partition coefficient (Wildman–Crippen LogP) is 2.81. The van der Waals surface area contributed by atoms with Crippen LogP contribution in [0.5, 0.6) is 5.75 Å². The van der Waals surface area contributed by atoms with E-state index in [0.29, 0.717) is 5.75 Å². The molecular weight excluding hydrogens is 350 g/mol. The third-order valence-corrected chi connectivity index (χ3v) is 6.01. The van der Waals surface area contributed by atoms with Crippen LogP contribution in [0.4, 0.5) is 5.69 Å². The first-order valence-electron chi connectivity index (χ1n) is 8.86. The van der Waals surface area contributed by atoms with Gasteiger partial charge in [-0.2, -0.15) is 0 Å². The lowest BCUT2D eigenvalue weighted by Gasteiger charge is -2.18. The lowest BCUT2D eigenvalue weighted by molar-refractivity contribution is -0.116. The van der Waals surface area contributed by atoms with Gasteiger partial charge in [-0.1, -0.05) is 11.8 Å². The lowest BCUT2D eigenvalue weighted by atomic mass is 9.97. The standard InChI is InChI=1S/C19H21N3O3S/c1-25-14-8-6-12(7-9-14)20-17(23)10-13-11-26-19-21-16-5-3-2-4-15(16)18(24)22(13)19/h6-9,13H,2-5,10-11H2,1H3,(H,20,23). The Kier molecular flexibility index (Phi) is 4.72. The van der Waals surface area contributed by atoms with Gasteiger partial charge in [0.25, 0.3) is 5.56 Å². The molecule has 0 bridgehead atoms. The van der Waals surface area contributed by atoms with E-state index in [1.807, 2.05) is 0 Å². The van der Waals surface area contributed by atoms with Crippen LogP contribution in [0.1, 0.15) is 36.6 Å². The Morgan fingerprint density at radius 2 is 2.08 bits per heavy atom. The molecule has 7 heteroatoms. The van der Waals surface area contributed by atoms with Crippen LogP contribution in [0.25, 0.3) is 0 Å². The summed E-state index contributed by atoms with van der Waals surface area (Å²) in [4.78, 5) is 30.0. The fourth-order valence-electron chi connectivity index (χ4n) is 3.56. The first-order valence-corrected chi connectivity index (χ1v) is 9.85. The van der Waals surface area contributed by atoms with Gasteiger partial charge in [0, 0.05) is 23.4 Å². The molecule has 1 aliphatic carbocycles. The van der Waals surface area contributed by atoms with Crippen molar-refractivity contribution in [2.75, 3.05) is 18.2 Å². The Morgan fingerprint density at radius 1 is 1.31 bits per heavy atom. The maximum Gasteiger partial charge on any atom is 0.257 e. The zero-order valence-corrected chi connectivity index (χ0v) is 15.5. The average molecular weight is 371 g/mol. The molecule has 1 N–H and O–H groups in total. The molecule has 2 aromatic rings. The first-order chi connectivity index (χ1) is 12.7. The fraction of sp³-hybridized carbons (Fsp3) is 0.421. The average Bonchev–Trinajstić information content (AvgIpc) is 3.05. The molecule has 1 amide bonds. The molecule has 0 saturated carbocycles. The van der Waals surface area contributed by atoms with Gasteiger partial charge in [0.05, 0.1) is 18.8 Å². The quantitative estimate of drug-likeness (QED) is 0.837. The summed E-state index contributed by atoms with van der Waals surface area (Å²) in [5, 5.41) is 3.66. The summed E-state index contributed by atoms with van der Waals surface area (Å²) in [6.45, 7) is 0. The summed E-state index contributed by atoms with van der Waals surface area (Å²) < 4.78 is 6.86. The van der Waals surface area contributed by atoms with E-state index in [2.05, 4.69) is 5.32 Å². The van der Waals surface area contributed by atoms with Gasteiger partial charge in [-0.05, 0) is 49.9 Å². The van der Waals surface area contributed by atoms with Gasteiger partial charge in [0.2, 0.25) is 5.91 Å². The normalized spacial score (nSPS) is 18.1. The van der Waals surface area contributed by atoms with Gasteiger partial charge in [-0.3, -0.25) is 14.2 Å². The van der Waals surface area contributed by atoms with Crippen molar-refractivity contribution in [2.45, 2.75) is 43.3 Å². The van der Waals surface area contributed by atoms with Gasteiger partial charge in [0.1, 0.15) is 5.75 Å². The van der Waals surface area contributed by atoms with E-state index in [9.17, 15) is 9.59 Å². The predicted molar refractivity (Wildman–Crippen MR) is 101 cm³/mol. The molecule has 0 saturated heterocycles. The van der Waals surface area contributed by atoms with Crippen molar-refractivity contribution in [1.29, 1.82) is 0 Å². The minimum absolute atomic E-state index is 0.0527. The van der Waals surface area contributed by atoms with E-state index in [-0.39, 0.29) is 23.9 Å². The highest BCUT2D eigenvalue weighted by atomic mass is 32.2. The van der Waals surface area contributed by atoms with E-state index < -0.39 is 0 Å². The molecule has 136 valence electrons. The number of ether oxygens (including phenoxy) is 1. The molecule has 1 aliphatic heterocycles. The summed E-state index contributed by atoms with van der Waals surface area (Å²) in [6, 6.07) is 7.07. The molecule has 0 spiro atoms. The molecule has 1 aromatic carbocycles. The Bertz CT molecular complexity index is 892. The third-order valence-electron chi connectivity index (χ3n) is 4.92. The van der Waals surface area contributed by atoms with Crippen LogP contribution >= 0.6 is 11.8 Å². The number of carbonyl (C=O) groups is 1. The monoisotopic (exact) mass is 371 g/mol. The van der Waals surface area contributed by atoms with Crippen LogP contribution in [0.3, 0.4) is 0 Å². The van der Waals surface area contributed by atoms with E-state index in [0.717, 1.165) is 53.5 Å². The van der Waals surface area contributed by atoms with Crippen LogP contribution in [-0.4, -0.2) is 28.3 Å². The van der Waals surface area contributed by atoms with Gasteiger partial charge < -0.3 is 10.1 Å². The number of benzene rings is 1. The topological polar surface area (TPSA) is 73.2 Å². The maximum absolute atomic E-state index is 12.9. The zero-order chi connectivity index (χ0) is 18.1. The van der Waals surface area contributed by atoms with Crippen molar-refractivity contribution in [3.8, 4) is 5.75 Å². The van der Waals surface area contributed by atoms with Crippen molar-refractivity contribution in [3.05, 3.63) is 45.9 Å². The van der Waals surface area contributed by atoms with Crippen LogP contribution < -0.4 is 15.6 Å². The number of thioether (sulfide) groups is 1. The smallest absolute Gasteiger partial charge is 0.257 e. The number of nitrogens with zero attached hydrogens (tertiary/aromatic N) is 2. The molecule has 4 rings (SSSR count). The molecule has 1 aromatic heterocycles. The summed E-state index contributed by atoms with van der Waals surface area (Å²) >= 11 is 1.57. The highest BCUT2D eigenvalue weighted by Gasteiger charge is 2.30. The lowest BCUT2D eigenvalue weighted by Crippen LogP contribution is -2.32. The number of hydrogen-bond donors (Lipinski definition) is 1. The molecule has 0 radical (unpaired) electrons. The number of hydrogen-bond acceptors (Lipinski definition) is 5. The SMILES string of the molecule is COc1ccc(NC(=O)CC2CSc3nc4c(c(=O)n32)CCCC4)cc1. The van der Waals surface area contributed by atoms with Crippen LogP contribution in [0.15, 0.2) is 34.2 Å². The molecule has 2 heterocycles. The summed E-state index contributed by atoms with van der Waals surface area (Å²) in [5.74, 6) is 1.35. The second kappa shape index (κ2) is 7.15. The molecule has 26 heavy (non-hydrogen) atoms. The number of amides is 1. The van der Waals surface area contributed by atoms with Crippen LogP contribution in [0.2, 0.25) is 0 Å². The number of rotatable bonds is 4. The molecule has 1 atom stereocenters. The number of carbonyl (C=O) groups excluding carboxylic acids is 1. The highest BCUT2D eigenvalue weighted by Crippen LogP contribution is 2.34. The van der Waals surface area contributed by atoms with E-state index in [4.69, 9.17) is 9.72 Å². The van der Waals surface area contributed by atoms with Gasteiger partial charge in [0.15, 0.2) is 5.16 Å². The molecule has 1 unspecified atom stereocenters. The Hall–Kier alpha value is -2.28. The molecule has 0 fully saturated rings. The van der Waals surface area contributed by atoms with Crippen molar-refractivity contribution < 1.29 is 9.53 Å². The van der Waals surface area contributed by atoms with E-state index in [1.165, 1.54) is 0 Å². The summed E-state index contributed by atoms with van der Waals surface area (Å²) in [6.07, 6.45) is 4.10. The van der Waals surface area contributed by atoms with Crippen LogP contribution in [-0.2, 0) is 17.6 Å². The van der Waals surface area contributed by atoms with Gasteiger partial charge in [-0.25, -0.2) is 4.98 Å². The zero-order valence-electron chi connectivity index (χ0n) is 14.7. The molecule has 6 nitrogen and oxygen atoms in total. The Balaban J connectivity index is 1.50. The second-order valence-electron chi connectivity index (χ2n) is 6.65. The number of anilines is 1. The minimum atomic E-state index is -0.138. The van der Waals surface area contributed by atoms with E-state index in [1.54, 1.807) is 47.7 Å². The van der Waals surface area contributed by atoms with Crippen molar-refractivity contribution in [1.82, 2.24) is 9.55 Å². The Labute approximate surface area is 156 Å². The van der Waals surface area contributed by atoms with Gasteiger partial charge >= 0.3 is 0 Å². The number of aryl methyl sites for hydroxylation is 1. The third kappa shape index (κ3) is 3.23. The van der Waals surface area contributed by atoms with Crippen LogP contribution in [0, 0.1) is 0 Å². The van der Waals surface area contributed by atoms with Crippen molar-refractivity contribution in [2.24, 2.45) is 0 Å². The summed E-state index contributed by atoms with van der Waals surface area (Å²) in [5.41, 5.74) is 2.58. The van der Waals surface area contributed by atoms with Crippen molar-refractivity contribution >= 4 is 23.4 Å². The molecule has 2 aliphatic rings. The highest BCUT2D eigenvalue weighted by molar-refractivity contribution is 7.99. The number of aromatic nitrogens is 2. The number of methoxy groups -OCH3 is 1.